The quantitative estimate of drug-likeness (QED) is 0.188. The first-order valence-electron chi connectivity index (χ1n) is 14.4. The van der Waals surface area contributed by atoms with Gasteiger partial charge in [0.1, 0.15) is 21.3 Å². The van der Waals surface area contributed by atoms with Crippen LogP contribution in [0.2, 0.25) is 0 Å². The van der Waals surface area contributed by atoms with Crippen molar-refractivity contribution in [3.63, 3.8) is 0 Å². The van der Waals surface area contributed by atoms with Gasteiger partial charge in [0, 0.05) is 19.5 Å². The maximum absolute atomic E-state index is 13.6. The Bertz CT molecular complexity index is 1330. The second-order valence-corrected chi connectivity index (χ2v) is 13.2. The molecule has 1 unspecified atom stereocenters. The standard InChI is InChI=1S/C33H44N2O6S.ClH/c1-25(2)17-19-42(38,39)20-18-32(41-28-14-8-5-9-15-28)33(37)35-30(22-26-11-6-4-7-12-26)31(36)24-34-23-27-13-10-16-29(21-27)40-3;/h4-16,21,25,30-32,34,36H,17-20,22-24H2,1-3H3,(H,35,37);1H/t30-,31-,32?;/m0./s1. The van der Waals surface area contributed by atoms with Crippen LogP contribution in [-0.2, 0) is 27.6 Å². The van der Waals surface area contributed by atoms with Crippen molar-refractivity contribution in [3.05, 3.63) is 96.1 Å². The van der Waals surface area contributed by atoms with Crippen molar-refractivity contribution in [1.29, 1.82) is 0 Å². The second-order valence-electron chi connectivity index (χ2n) is 10.9. The summed E-state index contributed by atoms with van der Waals surface area (Å²) in [6.07, 6.45) is -1.02. The minimum absolute atomic E-state index is 0. The van der Waals surface area contributed by atoms with Crippen LogP contribution < -0.4 is 20.1 Å². The summed E-state index contributed by atoms with van der Waals surface area (Å²) in [4.78, 5) is 13.6. The number of halogens is 1. The first kappa shape index (κ1) is 36.1. The molecule has 0 bridgehead atoms. The highest BCUT2D eigenvalue weighted by molar-refractivity contribution is 7.91. The molecule has 43 heavy (non-hydrogen) atoms. The van der Waals surface area contributed by atoms with E-state index in [0.29, 0.717) is 25.1 Å². The number of methoxy groups -OCH3 is 1. The fourth-order valence-corrected chi connectivity index (χ4v) is 6.03. The molecule has 0 aromatic heterocycles. The molecule has 0 aliphatic rings. The van der Waals surface area contributed by atoms with E-state index in [9.17, 15) is 18.3 Å². The molecule has 8 nitrogen and oxygen atoms in total. The number of rotatable bonds is 18. The van der Waals surface area contributed by atoms with Crippen LogP contribution in [0.15, 0.2) is 84.9 Å². The van der Waals surface area contributed by atoms with Gasteiger partial charge in [-0.05, 0) is 54.2 Å². The molecule has 0 aliphatic heterocycles. The largest absolute Gasteiger partial charge is 0.497 e. The number of para-hydroxylation sites is 1. The van der Waals surface area contributed by atoms with E-state index in [2.05, 4.69) is 10.6 Å². The molecule has 3 aromatic carbocycles. The Morgan fingerprint density at radius 1 is 0.860 bits per heavy atom. The number of aliphatic hydroxyl groups is 1. The monoisotopic (exact) mass is 632 g/mol. The lowest BCUT2D eigenvalue weighted by molar-refractivity contribution is -0.129. The molecule has 236 valence electrons. The number of sulfone groups is 1. The van der Waals surface area contributed by atoms with E-state index < -0.39 is 34.0 Å². The van der Waals surface area contributed by atoms with Gasteiger partial charge in [-0.15, -0.1) is 12.4 Å². The van der Waals surface area contributed by atoms with E-state index in [4.69, 9.17) is 9.47 Å². The molecule has 0 saturated heterocycles. The highest BCUT2D eigenvalue weighted by atomic mass is 35.5. The zero-order chi connectivity index (χ0) is 30.4. The number of aliphatic hydroxyl groups excluding tert-OH is 1. The third kappa shape index (κ3) is 13.4. The summed E-state index contributed by atoms with van der Waals surface area (Å²) >= 11 is 0. The van der Waals surface area contributed by atoms with Crippen LogP contribution in [0, 0.1) is 5.92 Å². The fraction of sp³-hybridized carbons (Fsp3) is 0.424. The molecule has 0 spiro atoms. The Kier molecular flexibility index (Phi) is 15.6. The molecule has 3 N–H and O–H groups in total. The predicted octanol–water partition coefficient (Wildman–Crippen LogP) is 4.59. The number of carbonyl (C=O) groups excluding carboxylic acids is 1. The molecule has 0 aliphatic carbocycles. The molecule has 0 fully saturated rings. The molecular formula is C33H45ClN2O6S. The topological polar surface area (TPSA) is 114 Å². The van der Waals surface area contributed by atoms with E-state index in [1.807, 2.05) is 74.5 Å². The average Bonchev–Trinajstić information content (AvgIpc) is 2.99. The number of nitrogens with one attached hydrogen (secondary N) is 2. The number of hydrogen-bond acceptors (Lipinski definition) is 7. The molecular weight excluding hydrogens is 588 g/mol. The molecule has 3 aromatic rings. The van der Waals surface area contributed by atoms with Crippen LogP contribution >= 0.6 is 12.4 Å². The van der Waals surface area contributed by atoms with Crippen molar-refractivity contribution in [2.45, 2.75) is 57.9 Å². The highest BCUT2D eigenvalue weighted by Gasteiger charge is 2.29. The number of ether oxygens (including phenoxy) is 2. The predicted molar refractivity (Wildman–Crippen MR) is 174 cm³/mol. The third-order valence-corrected chi connectivity index (χ3v) is 8.63. The Morgan fingerprint density at radius 2 is 1.47 bits per heavy atom. The zero-order valence-electron chi connectivity index (χ0n) is 25.1. The minimum Gasteiger partial charge on any atom is -0.497 e. The van der Waals surface area contributed by atoms with Gasteiger partial charge < -0.3 is 25.2 Å². The molecule has 0 heterocycles. The Morgan fingerprint density at radius 3 is 2.12 bits per heavy atom. The van der Waals surface area contributed by atoms with Gasteiger partial charge in [0.05, 0.1) is 30.8 Å². The van der Waals surface area contributed by atoms with Gasteiger partial charge >= 0.3 is 0 Å². The molecule has 10 heteroatoms. The molecule has 0 radical (unpaired) electrons. The molecule has 3 atom stereocenters. The van der Waals surface area contributed by atoms with Gasteiger partial charge in [-0.2, -0.15) is 0 Å². The van der Waals surface area contributed by atoms with Gasteiger partial charge in [0.2, 0.25) is 0 Å². The zero-order valence-corrected chi connectivity index (χ0v) is 26.8. The second kappa shape index (κ2) is 18.5. The average molecular weight is 633 g/mol. The van der Waals surface area contributed by atoms with Crippen molar-refractivity contribution < 1.29 is 27.8 Å². The molecule has 3 rings (SSSR count). The summed E-state index contributed by atoms with van der Waals surface area (Å²) in [5, 5.41) is 17.4. The van der Waals surface area contributed by atoms with Crippen LogP contribution in [0.25, 0.3) is 0 Å². The van der Waals surface area contributed by atoms with Gasteiger partial charge in [-0.1, -0.05) is 74.5 Å². The maximum Gasteiger partial charge on any atom is 0.261 e. The van der Waals surface area contributed by atoms with Crippen LogP contribution in [0.4, 0.5) is 0 Å². The van der Waals surface area contributed by atoms with Gasteiger partial charge in [0.15, 0.2) is 6.10 Å². The van der Waals surface area contributed by atoms with Crippen molar-refractivity contribution in [2.24, 2.45) is 5.92 Å². The van der Waals surface area contributed by atoms with E-state index in [1.165, 1.54) is 0 Å². The van der Waals surface area contributed by atoms with E-state index in [-0.39, 0.29) is 42.8 Å². The van der Waals surface area contributed by atoms with Gasteiger partial charge in [0.25, 0.3) is 5.91 Å². The Labute approximate surface area is 262 Å². The first-order valence-corrected chi connectivity index (χ1v) is 16.3. The van der Waals surface area contributed by atoms with Crippen LogP contribution in [0.3, 0.4) is 0 Å². The Hall–Kier alpha value is -3.11. The van der Waals surface area contributed by atoms with Gasteiger partial charge in [-0.25, -0.2) is 8.42 Å². The number of carbonyl (C=O) groups is 1. The maximum atomic E-state index is 13.6. The Balaban J connectivity index is 0.00000645. The summed E-state index contributed by atoms with van der Waals surface area (Å²) in [5.74, 6) is 0.914. The van der Waals surface area contributed by atoms with E-state index >= 15 is 0 Å². The summed E-state index contributed by atoms with van der Waals surface area (Å²) in [7, 11) is -1.75. The van der Waals surface area contributed by atoms with Gasteiger partial charge in [-0.3, -0.25) is 4.79 Å². The van der Waals surface area contributed by atoms with Crippen molar-refractivity contribution in [1.82, 2.24) is 10.6 Å². The normalized spacial score (nSPS) is 13.4. The highest BCUT2D eigenvalue weighted by Crippen LogP contribution is 2.16. The first-order chi connectivity index (χ1) is 20.1. The SMILES string of the molecule is COc1cccc(CNC[C@H](O)[C@H](Cc2ccccc2)NC(=O)C(CCS(=O)(=O)CCC(C)C)Oc2ccccc2)c1.Cl. The molecule has 0 saturated carbocycles. The minimum atomic E-state index is -3.36. The van der Waals surface area contributed by atoms with Crippen molar-refractivity contribution in [2.75, 3.05) is 25.2 Å². The van der Waals surface area contributed by atoms with Crippen molar-refractivity contribution >= 4 is 28.2 Å². The summed E-state index contributed by atoms with van der Waals surface area (Å²) < 4.78 is 36.7. The van der Waals surface area contributed by atoms with Crippen LogP contribution in [-0.4, -0.2) is 62.8 Å². The van der Waals surface area contributed by atoms with Crippen molar-refractivity contribution in [3.8, 4) is 11.5 Å². The number of hydrogen-bond donors (Lipinski definition) is 3. The molecule has 1 amide bonds. The van der Waals surface area contributed by atoms with Crippen LogP contribution in [0.5, 0.6) is 11.5 Å². The van der Waals surface area contributed by atoms with E-state index in [0.717, 1.165) is 16.9 Å². The lowest BCUT2D eigenvalue weighted by Gasteiger charge is -2.27. The lowest BCUT2D eigenvalue weighted by Crippen LogP contribution is -2.52. The smallest absolute Gasteiger partial charge is 0.261 e. The summed E-state index contributed by atoms with van der Waals surface area (Å²) in [5.41, 5.74) is 1.95. The fourth-order valence-electron chi connectivity index (χ4n) is 4.43. The van der Waals surface area contributed by atoms with E-state index in [1.54, 1.807) is 31.4 Å². The third-order valence-electron chi connectivity index (χ3n) is 6.92. The number of benzene rings is 3. The summed E-state index contributed by atoms with van der Waals surface area (Å²) in [6.45, 7) is 4.69. The lowest BCUT2D eigenvalue weighted by atomic mass is 10.0. The number of amides is 1. The van der Waals surface area contributed by atoms with Crippen LogP contribution in [0.1, 0.15) is 37.8 Å². The summed E-state index contributed by atoms with van der Waals surface area (Å²) in [6, 6.07) is 25.5.